The third-order valence-corrected chi connectivity index (χ3v) is 26.2. The summed E-state index contributed by atoms with van der Waals surface area (Å²) in [4.78, 5) is 108. The molecule has 1 aromatic rings. The van der Waals surface area contributed by atoms with Crippen molar-refractivity contribution in [2.24, 2.45) is 11.1 Å². The van der Waals surface area contributed by atoms with Crippen LogP contribution in [0, 0.1) is 5.41 Å². The van der Waals surface area contributed by atoms with Crippen LogP contribution < -0.4 is 48.3 Å². The summed E-state index contributed by atoms with van der Waals surface area (Å²) in [6, 6.07) is 12.9. The van der Waals surface area contributed by atoms with Gasteiger partial charge in [0.2, 0.25) is 35.4 Å². The van der Waals surface area contributed by atoms with Crippen LogP contribution in [-0.2, 0) is 35.3 Å². The molecule has 29 nitrogen and oxygen atoms in total. The minimum absolute atomic E-state index is 0.0731. The zero-order valence-corrected chi connectivity index (χ0v) is 84.5. The van der Waals surface area contributed by atoms with E-state index in [0.29, 0.717) is 67.2 Å². The van der Waals surface area contributed by atoms with Gasteiger partial charge in [0, 0.05) is 200 Å². The van der Waals surface area contributed by atoms with Crippen LogP contribution in [0.4, 0.5) is 0 Å². The van der Waals surface area contributed by atoms with Gasteiger partial charge in [0.05, 0.1) is 0 Å². The Morgan fingerprint density at radius 1 is 0.395 bits per heavy atom. The fourth-order valence-electron chi connectivity index (χ4n) is 19.1. The van der Waals surface area contributed by atoms with Crippen LogP contribution in [-0.4, -0.2) is 442 Å². The minimum atomic E-state index is -0.472. The van der Waals surface area contributed by atoms with Crippen molar-refractivity contribution < 1.29 is 28.8 Å². The molecule has 0 bridgehead atoms. The number of rotatable bonds is 32. The van der Waals surface area contributed by atoms with Crippen molar-refractivity contribution in [1.29, 1.82) is 0 Å². The van der Waals surface area contributed by atoms with E-state index in [4.69, 9.17) is 5.73 Å². The Hall–Kier alpha value is -4.64. The van der Waals surface area contributed by atoms with Crippen molar-refractivity contribution in [1.82, 2.24) is 111 Å². The fraction of sp³-hybridized carbons (Fsp3) is 0.874. The molecule has 0 unspecified atom stereocenters. The molecule has 8 saturated heterocycles. The Morgan fingerprint density at radius 3 is 1.08 bits per heavy atom. The molecule has 124 heavy (non-hydrogen) atoms. The molecule has 8 aliphatic rings. The lowest BCUT2D eigenvalue weighted by Crippen LogP contribution is -2.65. The van der Waals surface area contributed by atoms with E-state index < -0.39 is 11.1 Å². The molecule has 8 aliphatic heterocycles. The number of nitrogens with one attached hydrogen (secondary N) is 8. The van der Waals surface area contributed by atoms with Gasteiger partial charge in [-0.1, -0.05) is 44.2 Å². The number of primary amides is 1. The van der Waals surface area contributed by atoms with Crippen molar-refractivity contribution in [2.75, 3.05) is 263 Å². The van der Waals surface area contributed by atoms with Crippen LogP contribution >= 0.6 is 0 Å². The van der Waals surface area contributed by atoms with E-state index in [-0.39, 0.29) is 51.2 Å². The summed E-state index contributed by atoms with van der Waals surface area (Å²) in [5, 5.41) is 27.5. The van der Waals surface area contributed by atoms with Gasteiger partial charge in [-0.25, -0.2) is 0 Å². The van der Waals surface area contributed by atoms with Crippen molar-refractivity contribution in [3.05, 3.63) is 35.9 Å². The third-order valence-electron chi connectivity index (χ3n) is 26.2. The second-order valence-electron chi connectivity index (χ2n) is 42.0. The molecule has 0 aliphatic carbocycles. The van der Waals surface area contributed by atoms with Gasteiger partial charge in [0.15, 0.2) is 0 Å². The largest absolute Gasteiger partial charge is 0.368 e. The van der Waals surface area contributed by atoms with Gasteiger partial charge in [0.25, 0.3) is 0 Å². The molecule has 0 atom stereocenters. The van der Waals surface area contributed by atoms with Gasteiger partial charge in [-0.2, -0.15) is 0 Å². The maximum atomic E-state index is 13.4. The number of nitrogens with zero attached hydrogens (tertiary/aromatic N) is 14. The monoisotopic (exact) mass is 1750 g/mol. The first kappa shape index (κ1) is 112. The van der Waals surface area contributed by atoms with Crippen molar-refractivity contribution in [3.8, 4) is 0 Å². The molecule has 720 valence electrons. The minimum Gasteiger partial charge on any atom is -0.368 e. The highest BCUT2D eigenvalue weighted by molar-refractivity contribution is 5.89. The van der Waals surface area contributed by atoms with Gasteiger partial charge in [-0.15, -0.1) is 0 Å². The second kappa shape index (κ2) is 53.6. The Balaban J connectivity index is 0.000000315. The van der Waals surface area contributed by atoms with E-state index in [1.54, 1.807) is 0 Å². The van der Waals surface area contributed by atoms with E-state index >= 15 is 0 Å². The normalized spacial score (nSPS) is 21.3. The number of carbonyl (C=O) groups is 6. The van der Waals surface area contributed by atoms with Crippen molar-refractivity contribution in [3.63, 3.8) is 0 Å². The molecule has 0 spiro atoms. The topological polar surface area (TPSA) is 270 Å². The van der Waals surface area contributed by atoms with E-state index in [0.717, 1.165) is 247 Å². The lowest BCUT2D eigenvalue weighted by Gasteiger charge is -2.45. The first-order chi connectivity index (χ1) is 58.0. The summed E-state index contributed by atoms with van der Waals surface area (Å²) in [5.74, 6) is 1.02. The molecule has 8 fully saturated rings. The standard InChI is InChI=1S/C21H34N4O.C17H34N4O.C17H36N4O.C16H34N4O.C14H30N4O.C10H21N3O/c1-18(2)22-21(9-11-23(3)12-10-21)20(26)25-15-13-24(14-16-25)17-19-7-5-4-6-8-19;1-14(2)18-17(8-12-20(4)13-9-17)16(22)21(5)15-6-10-19(3)11-7-15;1-14(2)19-17(8-10-21(7)11-9-17)15(22)18-12-16(3,4)13-20(5)6;1-14(2)17-16(8-12-19(5)13-9-16)15(21)20(6)11-7-10-18(3)4;1-12(2)16-14(6-9-18(5)10-7-14)13(19)15-8-11-17(3)4;1-8(2)12-10(9(11)14)4-6-13(3)7-5-10/h4-8,18,22H,9-17H2,1-3H3;14-15,18H,6-13H2,1-5H3;14,19H,8-13H2,1-7H3,(H,18,22);14,17H,7-13H2,1-6H3;12,16H,6-11H2,1-5H3,(H,15,19);8,12H,4-7H2,1-3H3,(H2,11,14). The van der Waals surface area contributed by atoms with Crippen LogP contribution in [0.2, 0.25) is 0 Å². The van der Waals surface area contributed by atoms with Crippen LogP contribution in [0.5, 0.6) is 0 Å². The Morgan fingerprint density at radius 2 is 0.718 bits per heavy atom. The number of likely N-dealkylation sites (tertiary alicyclic amines) is 7. The predicted molar refractivity (Wildman–Crippen MR) is 515 cm³/mol. The Labute approximate surface area is 756 Å². The Kier molecular flexibility index (Phi) is 48.3. The number of hydrogen-bond acceptors (Lipinski definition) is 23. The summed E-state index contributed by atoms with van der Waals surface area (Å²) in [6.45, 7) is 53.3. The number of piperidine rings is 7. The summed E-state index contributed by atoms with van der Waals surface area (Å²) in [6.07, 6.45) is 13.8. The lowest BCUT2D eigenvalue weighted by atomic mass is 9.84. The fourth-order valence-corrected chi connectivity index (χ4v) is 19.1. The smallest absolute Gasteiger partial charge is 0.243 e. The molecule has 9 rings (SSSR count). The molecule has 0 saturated carbocycles. The maximum absolute atomic E-state index is 13.4. The van der Waals surface area contributed by atoms with E-state index in [1.807, 2.05) is 51.8 Å². The second-order valence-corrected chi connectivity index (χ2v) is 42.0. The van der Waals surface area contributed by atoms with Crippen LogP contribution in [0.3, 0.4) is 0 Å². The number of piperazine rings is 1. The first-order valence-electron chi connectivity index (χ1n) is 47.8. The molecular weight excluding hydrogens is 1560 g/mol. The number of carbonyl (C=O) groups excluding carboxylic acids is 6. The molecule has 8 heterocycles. The molecular formula is C95H189N23O6. The summed E-state index contributed by atoms with van der Waals surface area (Å²) >= 11 is 0. The highest BCUT2D eigenvalue weighted by atomic mass is 16.2. The van der Waals surface area contributed by atoms with Gasteiger partial charge < -0.3 is 112 Å². The van der Waals surface area contributed by atoms with Crippen molar-refractivity contribution >= 4 is 35.4 Å². The number of amides is 6. The SMILES string of the molecule is CC(C)NC1(C(=O)N(C)C2CCN(C)CC2)CCN(C)CC1.CC(C)NC1(C(=O)N(C)CCCN(C)C)CCN(C)CC1.CC(C)NC1(C(=O)N2CCN(Cc3ccccc3)CC2)CCN(C)CC1.CC(C)NC1(C(=O)NCC(C)(C)CN(C)C)CCN(C)CC1.CC(C)NC1(C(=O)NCCN(C)C)CCN(C)CC1.CC(C)NC1(C(N)=O)CCN(C)CC1. The molecule has 0 aromatic heterocycles. The van der Waals surface area contributed by atoms with E-state index in [2.05, 4.69) is 292 Å². The Bertz CT molecular complexity index is 3170. The maximum Gasteiger partial charge on any atom is 0.243 e. The van der Waals surface area contributed by atoms with Crippen LogP contribution in [0.1, 0.15) is 199 Å². The molecule has 10 N–H and O–H groups in total. The van der Waals surface area contributed by atoms with E-state index in [9.17, 15) is 28.8 Å². The lowest BCUT2D eigenvalue weighted by molar-refractivity contribution is -0.143. The van der Waals surface area contributed by atoms with Gasteiger partial charge in [-0.05, 0) is 302 Å². The third kappa shape index (κ3) is 38.0. The van der Waals surface area contributed by atoms with Crippen LogP contribution in [0.15, 0.2) is 30.3 Å². The molecule has 0 radical (unpaired) electrons. The van der Waals surface area contributed by atoms with Crippen molar-refractivity contribution in [2.45, 2.75) is 275 Å². The van der Waals surface area contributed by atoms with Gasteiger partial charge in [0.1, 0.15) is 33.2 Å². The average Bonchev–Trinajstić information content (AvgIpc) is 0.794. The zero-order valence-electron chi connectivity index (χ0n) is 84.5. The highest BCUT2D eigenvalue weighted by Crippen LogP contribution is 2.32. The number of nitrogens with two attached hydrogens (primary N) is 1. The van der Waals surface area contributed by atoms with Crippen LogP contribution in [0.25, 0.3) is 0 Å². The highest BCUT2D eigenvalue weighted by Gasteiger charge is 2.49. The first-order valence-corrected chi connectivity index (χ1v) is 47.8. The molecule has 29 heteroatoms. The molecule has 6 amide bonds. The van der Waals surface area contributed by atoms with E-state index in [1.165, 1.54) is 5.56 Å². The summed E-state index contributed by atoms with van der Waals surface area (Å²) in [5.41, 5.74) is 4.53. The number of benzene rings is 1. The molecule has 1 aromatic carbocycles. The summed E-state index contributed by atoms with van der Waals surface area (Å²) in [7, 11) is 31.2. The summed E-state index contributed by atoms with van der Waals surface area (Å²) < 4.78 is 0. The van der Waals surface area contributed by atoms with Gasteiger partial charge >= 0.3 is 0 Å². The number of likely N-dealkylation sites (N-methyl/N-ethyl adjacent to an activating group) is 3. The van der Waals surface area contributed by atoms with Gasteiger partial charge in [-0.3, -0.25) is 33.7 Å². The predicted octanol–water partition coefficient (Wildman–Crippen LogP) is 4.87. The quantitative estimate of drug-likeness (QED) is 0.0466. The average molecular weight is 1750 g/mol. The number of hydrogen-bond donors (Lipinski definition) is 9. The zero-order chi connectivity index (χ0) is 93.1.